The molecule has 0 radical (unpaired) electrons. The van der Waals surface area contributed by atoms with Gasteiger partial charge < -0.3 is 0 Å². The fourth-order valence-electron chi connectivity index (χ4n) is 0.748. The van der Waals surface area contributed by atoms with Crippen LogP contribution in [0.15, 0.2) is 30.3 Å². The summed E-state index contributed by atoms with van der Waals surface area (Å²) < 4.78 is 1.27. The predicted molar refractivity (Wildman–Crippen MR) is 58.1 cm³/mol. The van der Waals surface area contributed by atoms with Crippen molar-refractivity contribution in [1.29, 1.82) is 0 Å². The molecule has 0 N–H and O–H groups in total. The molecule has 0 spiro atoms. The highest BCUT2D eigenvalue weighted by Crippen LogP contribution is 2.09. The van der Waals surface area contributed by atoms with Crippen LogP contribution in [-0.4, -0.2) is 10.6 Å². The first-order valence-corrected chi connectivity index (χ1v) is 6.01. The van der Waals surface area contributed by atoms with Crippen LogP contribution in [0, 0.1) is 0 Å². The fourth-order valence-corrected chi connectivity index (χ4v) is 2.37. The van der Waals surface area contributed by atoms with Gasteiger partial charge in [-0.25, -0.2) is 0 Å². The van der Waals surface area contributed by atoms with E-state index in [0.29, 0.717) is 0 Å². The molecule has 1 unspecified atom stereocenters. The summed E-state index contributed by atoms with van der Waals surface area (Å²) in [5, 5.41) is 1.49. The smallest absolute Gasteiger partial charge is 0.00353 e. The maximum atomic E-state index is 2.42. The zero-order valence-electron chi connectivity index (χ0n) is 5.68. The SMILES string of the molecule is ICCPc1ccccc1. The minimum absolute atomic E-state index is 0.997. The molecule has 0 heterocycles. The van der Waals surface area contributed by atoms with E-state index in [9.17, 15) is 0 Å². The van der Waals surface area contributed by atoms with Crippen molar-refractivity contribution in [2.45, 2.75) is 0 Å². The summed E-state index contributed by atoms with van der Waals surface area (Å²) in [6, 6.07) is 10.7. The predicted octanol–water partition coefficient (Wildman–Crippen LogP) is 2.43. The Morgan fingerprint density at radius 2 is 1.90 bits per heavy atom. The summed E-state index contributed by atoms with van der Waals surface area (Å²) in [6.07, 6.45) is 1.32. The van der Waals surface area contributed by atoms with Gasteiger partial charge in [-0.3, -0.25) is 0 Å². The van der Waals surface area contributed by atoms with Crippen molar-refractivity contribution < 1.29 is 0 Å². The van der Waals surface area contributed by atoms with Gasteiger partial charge in [-0.2, -0.15) is 0 Å². The molecule has 0 saturated heterocycles. The van der Waals surface area contributed by atoms with E-state index in [4.69, 9.17) is 0 Å². The number of rotatable bonds is 3. The third kappa shape index (κ3) is 2.98. The Hall–Kier alpha value is 0.380. The third-order valence-electron chi connectivity index (χ3n) is 1.20. The van der Waals surface area contributed by atoms with Crippen molar-refractivity contribution >= 4 is 36.5 Å². The average Bonchev–Trinajstić information content (AvgIpc) is 2.03. The van der Waals surface area contributed by atoms with Crippen molar-refractivity contribution in [2.75, 3.05) is 10.6 Å². The quantitative estimate of drug-likeness (QED) is 0.447. The molecule has 1 rings (SSSR count). The molecule has 0 aromatic heterocycles. The number of benzene rings is 1. The van der Waals surface area contributed by atoms with Crippen molar-refractivity contribution in [3.8, 4) is 0 Å². The average molecular weight is 264 g/mol. The Balaban J connectivity index is 2.43. The van der Waals surface area contributed by atoms with Crippen LogP contribution in [0.2, 0.25) is 0 Å². The molecule has 1 aromatic carbocycles. The minimum Gasteiger partial charge on any atom is -0.0896 e. The zero-order chi connectivity index (χ0) is 7.23. The van der Waals surface area contributed by atoms with Gasteiger partial charge in [-0.15, -0.1) is 0 Å². The van der Waals surface area contributed by atoms with E-state index >= 15 is 0 Å². The molecule has 0 nitrogen and oxygen atoms in total. The lowest BCUT2D eigenvalue weighted by Gasteiger charge is -1.96. The van der Waals surface area contributed by atoms with E-state index in [0.717, 1.165) is 8.58 Å². The lowest BCUT2D eigenvalue weighted by atomic mass is 10.4. The number of halogens is 1. The summed E-state index contributed by atoms with van der Waals surface area (Å²) in [7, 11) is 0.997. The van der Waals surface area contributed by atoms with Gasteiger partial charge in [0.15, 0.2) is 0 Å². The van der Waals surface area contributed by atoms with Gasteiger partial charge in [0.05, 0.1) is 0 Å². The molecular weight excluding hydrogens is 254 g/mol. The van der Waals surface area contributed by atoms with Crippen LogP contribution in [0.25, 0.3) is 0 Å². The van der Waals surface area contributed by atoms with Crippen molar-refractivity contribution in [3.05, 3.63) is 30.3 Å². The Bertz CT molecular complexity index is 174. The maximum Gasteiger partial charge on any atom is 0.00353 e. The zero-order valence-corrected chi connectivity index (χ0v) is 8.84. The van der Waals surface area contributed by atoms with Crippen LogP contribution in [0.3, 0.4) is 0 Å². The van der Waals surface area contributed by atoms with Gasteiger partial charge >= 0.3 is 0 Å². The van der Waals surface area contributed by atoms with Gasteiger partial charge in [-0.1, -0.05) is 61.5 Å². The maximum absolute atomic E-state index is 2.42. The van der Waals surface area contributed by atoms with Crippen LogP contribution >= 0.6 is 31.2 Å². The highest BCUT2D eigenvalue weighted by Gasteiger charge is 1.87. The van der Waals surface area contributed by atoms with E-state index in [1.165, 1.54) is 15.9 Å². The number of hydrogen-bond donors (Lipinski definition) is 0. The molecule has 10 heavy (non-hydrogen) atoms. The van der Waals surface area contributed by atoms with Crippen LogP contribution in [-0.2, 0) is 0 Å². The monoisotopic (exact) mass is 264 g/mol. The molecule has 0 aliphatic carbocycles. The van der Waals surface area contributed by atoms with Crippen molar-refractivity contribution in [3.63, 3.8) is 0 Å². The van der Waals surface area contributed by atoms with Crippen LogP contribution in [0.1, 0.15) is 0 Å². The van der Waals surface area contributed by atoms with E-state index in [1.54, 1.807) is 0 Å². The lowest BCUT2D eigenvalue weighted by Crippen LogP contribution is -1.93. The van der Waals surface area contributed by atoms with Crippen LogP contribution in [0.5, 0.6) is 0 Å². The van der Waals surface area contributed by atoms with Gasteiger partial charge in [0.25, 0.3) is 0 Å². The Morgan fingerprint density at radius 1 is 1.20 bits per heavy atom. The minimum atomic E-state index is 0.997. The van der Waals surface area contributed by atoms with Crippen LogP contribution < -0.4 is 5.30 Å². The summed E-state index contributed by atoms with van der Waals surface area (Å²) in [4.78, 5) is 0. The highest BCUT2D eigenvalue weighted by atomic mass is 127. The summed E-state index contributed by atoms with van der Waals surface area (Å²) in [6.45, 7) is 0. The Labute approximate surface area is 77.3 Å². The van der Waals surface area contributed by atoms with Crippen molar-refractivity contribution in [1.82, 2.24) is 0 Å². The fraction of sp³-hybridized carbons (Fsp3) is 0.250. The third-order valence-corrected chi connectivity index (χ3v) is 4.00. The van der Waals surface area contributed by atoms with Gasteiger partial charge in [0, 0.05) is 4.43 Å². The van der Waals surface area contributed by atoms with Gasteiger partial charge in [-0.05, 0) is 11.5 Å². The molecule has 0 aliphatic rings. The molecule has 0 amide bonds. The first-order chi connectivity index (χ1) is 4.93. The van der Waals surface area contributed by atoms with Gasteiger partial charge in [0.2, 0.25) is 0 Å². The normalized spacial score (nSPS) is 10.9. The summed E-state index contributed by atoms with van der Waals surface area (Å²) in [5.41, 5.74) is 0. The molecule has 54 valence electrons. The topological polar surface area (TPSA) is 0 Å². The number of alkyl halides is 1. The molecular formula is C8H10IP. The first kappa shape index (κ1) is 8.48. The molecule has 0 aliphatic heterocycles. The first-order valence-electron chi connectivity index (χ1n) is 3.28. The van der Waals surface area contributed by atoms with Crippen LogP contribution in [0.4, 0.5) is 0 Å². The second-order valence-corrected chi connectivity index (χ2v) is 4.49. The molecule has 1 atom stereocenters. The summed E-state index contributed by atoms with van der Waals surface area (Å²) in [5.74, 6) is 0. The highest BCUT2D eigenvalue weighted by molar-refractivity contribution is 14.1. The van der Waals surface area contributed by atoms with Crippen molar-refractivity contribution in [2.24, 2.45) is 0 Å². The van der Waals surface area contributed by atoms with E-state index in [-0.39, 0.29) is 0 Å². The van der Waals surface area contributed by atoms with E-state index in [2.05, 4.69) is 52.9 Å². The number of hydrogen-bond acceptors (Lipinski definition) is 0. The molecule has 1 aromatic rings. The molecule has 0 fully saturated rings. The van der Waals surface area contributed by atoms with E-state index < -0.39 is 0 Å². The molecule has 0 saturated carbocycles. The lowest BCUT2D eigenvalue weighted by molar-refractivity contribution is 1.60. The molecule has 2 heteroatoms. The standard InChI is InChI=1S/C8H10IP/c9-6-7-10-8-4-2-1-3-5-8/h1-5,10H,6-7H2. The summed E-state index contributed by atoms with van der Waals surface area (Å²) >= 11 is 2.42. The second kappa shape index (κ2) is 5.09. The second-order valence-electron chi connectivity index (χ2n) is 1.98. The van der Waals surface area contributed by atoms with Gasteiger partial charge in [0.1, 0.15) is 0 Å². The Morgan fingerprint density at radius 3 is 2.50 bits per heavy atom. The molecule has 0 bridgehead atoms. The largest absolute Gasteiger partial charge is 0.0896 e. The van der Waals surface area contributed by atoms with E-state index in [1.807, 2.05) is 0 Å². The Kier molecular flexibility index (Phi) is 4.31.